The van der Waals surface area contributed by atoms with Gasteiger partial charge in [-0.2, -0.15) is 0 Å². The van der Waals surface area contributed by atoms with Crippen LogP contribution in [0.1, 0.15) is 52.8 Å². The molecule has 1 aromatic heterocycles. The maximum Gasteiger partial charge on any atom is 0.243 e. The lowest BCUT2D eigenvalue weighted by atomic mass is 10.1. The quantitative estimate of drug-likeness (QED) is 0.785. The zero-order chi connectivity index (χ0) is 19.7. The summed E-state index contributed by atoms with van der Waals surface area (Å²) in [6.45, 7) is 11.8. The Hall–Kier alpha value is -2.37. The Kier molecular flexibility index (Phi) is 5.53. The summed E-state index contributed by atoms with van der Waals surface area (Å²) in [5.74, 6) is 1.13. The Morgan fingerprint density at radius 2 is 1.89 bits per heavy atom. The molecule has 1 saturated heterocycles. The average molecular weight is 370 g/mol. The number of hydrogen-bond donors (Lipinski definition) is 0. The minimum atomic E-state index is 0.0317. The van der Waals surface area contributed by atoms with E-state index < -0.39 is 0 Å². The first kappa shape index (κ1) is 19.4. The molecule has 0 N–H and O–H groups in total. The number of nitrogens with zero attached hydrogens (tertiary/aromatic N) is 4. The van der Waals surface area contributed by atoms with Crippen molar-refractivity contribution in [2.75, 3.05) is 13.1 Å². The van der Waals surface area contributed by atoms with Crippen molar-refractivity contribution >= 4 is 22.8 Å². The normalized spacial score (nSPS) is 17.5. The van der Waals surface area contributed by atoms with E-state index in [1.807, 2.05) is 73.3 Å². The van der Waals surface area contributed by atoms with Crippen LogP contribution in [0.5, 0.6) is 0 Å². The minimum absolute atomic E-state index is 0.0317. The first-order valence-electron chi connectivity index (χ1n) is 9.87. The molecule has 0 aliphatic carbocycles. The number of aromatic nitrogens is 2. The highest BCUT2D eigenvalue weighted by Crippen LogP contribution is 2.30. The van der Waals surface area contributed by atoms with Crippen molar-refractivity contribution in [3.05, 3.63) is 30.1 Å². The van der Waals surface area contributed by atoms with Crippen molar-refractivity contribution in [1.29, 1.82) is 0 Å². The predicted octanol–water partition coefficient (Wildman–Crippen LogP) is 3.02. The zero-order valence-electron chi connectivity index (χ0n) is 17.0. The highest BCUT2D eigenvalue weighted by molar-refractivity contribution is 5.83. The molecule has 0 saturated carbocycles. The second kappa shape index (κ2) is 7.71. The maximum atomic E-state index is 13.1. The summed E-state index contributed by atoms with van der Waals surface area (Å²) in [6, 6.07) is 8.17. The standard InChI is InChI=1S/C21H30N4O2/c1-6-23-12-16(11-19(23)26)21-22-17-9-7-8-10-18(17)24(21)13-20(27)25(14(2)3)15(4)5/h7-10,14-16H,6,11-13H2,1-5H3. The van der Waals surface area contributed by atoms with E-state index in [2.05, 4.69) is 0 Å². The Bertz CT molecular complexity index is 832. The third-order valence-electron chi connectivity index (χ3n) is 5.34. The topological polar surface area (TPSA) is 58.4 Å². The third-order valence-corrected chi connectivity index (χ3v) is 5.34. The van der Waals surface area contributed by atoms with Crippen LogP contribution in [0.3, 0.4) is 0 Å². The van der Waals surface area contributed by atoms with Crippen LogP contribution in [0.4, 0.5) is 0 Å². The van der Waals surface area contributed by atoms with Crippen LogP contribution in [0, 0.1) is 0 Å². The van der Waals surface area contributed by atoms with Gasteiger partial charge in [-0.3, -0.25) is 9.59 Å². The van der Waals surface area contributed by atoms with Crippen LogP contribution in [0.15, 0.2) is 24.3 Å². The van der Waals surface area contributed by atoms with E-state index in [-0.39, 0.29) is 36.4 Å². The lowest BCUT2D eigenvalue weighted by Crippen LogP contribution is -2.44. The van der Waals surface area contributed by atoms with Gasteiger partial charge in [-0.15, -0.1) is 0 Å². The number of carbonyl (C=O) groups excluding carboxylic acids is 2. The molecule has 6 heteroatoms. The van der Waals surface area contributed by atoms with E-state index in [0.29, 0.717) is 19.5 Å². The largest absolute Gasteiger partial charge is 0.342 e. The molecular formula is C21H30N4O2. The fraction of sp³-hybridized carbons (Fsp3) is 0.571. The van der Waals surface area contributed by atoms with E-state index in [1.165, 1.54) is 0 Å². The molecule has 1 atom stereocenters. The molecule has 6 nitrogen and oxygen atoms in total. The molecule has 0 spiro atoms. The number of hydrogen-bond acceptors (Lipinski definition) is 3. The van der Waals surface area contributed by atoms with Crippen molar-refractivity contribution in [3.8, 4) is 0 Å². The molecule has 27 heavy (non-hydrogen) atoms. The zero-order valence-corrected chi connectivity index (χ0v) is 17.0. The van der Waals surface area contributed by atoms with E-state index in [4.69, 9.17) is 4.98 Å². The molecule has 0 radical (unpaired) electrons. The lowest BCUT2D eigenvalue weighted by Gasteiger charge is -2.31. The molecule has 2 aromatic rings. The van der Waals surface area contributed by atoms with Crippen LogP contribution in [0.25, 0.3) is 11.0 Å². The summed E-state index contributed by atoms with van der Waals surface area (Å²) in [7, 11) is 0. The fourth-order valence-corrected chi connectivity index (χ4v) is 4.21. The molecule has 1 aliphatic rings. The van der Waals surface area contributed by atoms with Crippen LogP contribution in [-0.2, 0) is 16.1 Å². The molecule has 1 aliphatic heterocycles. The van der Waals surface area contributed by atoms with Gasteiger partial charge in [-0.25, -0.2) is 4.98 Å². The van der Waals surface area contributed by atoms with E-state index >= 15 is 0 Å². The summed E-state index contributed by atoms with van der Waals surface area (Å²) >= 11 is 0. The third kappa shape index (κ3) is 3.70. The van der Waals surface area contributed by atoms with Gasteiger partial charge in [0.1, 0.15) is 12.4 Å². The van der Waals surface area contributed by atoms with Crippen LogP contribution in [0.2, 0.25) is 0 Å². The number of likely N-dealkylation sites (N-methyl/N-ethyl adjacent to an activating group) is 1. The van der Waals surface area contributed by atoms with Gasteiger partial charge in [-0.05, 0) is 46.8 Å². The summed E-state index contributed by atoms with van der Waals surface area (Å²) in [4.78, 5) is 33.9. The average Bonchev–Trinajstić information content (AvgIpc) is 3.15. The van der Waals surface area contributed by atoms with Crippen LogP contribution in [-0.4, -0.2) is 56.3 Å². The Labute approximate surface area is 161 Å². The van der Waals surface area contributed by atoms with Crippen molar-refractivity contribution in [3.63, 3.8) is 0 Å². The van der Waals surface area contributed by atoms with Crippen molar-refractivity contribution < 1.29 is 9.59 Å². The Morgan fingerprint density at radius 1 is 1.22 bits per heavy atom. The molecule has 1 aromatic carbocycles. The smallest absolute Gasteiger partial charge is 0.243 e. The molecule has 146 valence electrons. The number of likely N-dealkylation sites (tertiary alicyclic amines) is 1. The number of rotatable bonds is 6. The van der Waals surface area contributed by atoms with Gasteiger partial charge in [0.15, 0.2) is 0 Å². The number of amides is 2. The lowest BCUT2D eigenvalue weighted by molar-refractivity contribution is -0.135. The fourth-order valence-electron chi connectivity index (χ4n) is 4.21. The summed E-state index contributed by atoms with van der Waals surface area (Å²) in [5.41, 5.74) is 1.83. The van der Waals surface area contributed by atoms with Crippen molar-refractivity contribution in [1.82, 2.24) is 19.4 Å². The maximum absolute atomic E-state index is 13.1. The van der Waals surface area contributed by atoms with E-state index in [0.717, 1.165) is 16.9 Å². The van der Waals surface area contributed by atoms with Gasteiger partial charge < -0.3 is 14.4 Å². The van der Waals surface area contributed by atoms with Gasteiger partial charge in [0.25, 0.3) is 0 Å². The highest BCUT2D eigenvalue weighted by Gasteiger charge is 2.34. The molecule has 1 fully saturated rings. The van der Waals surface area contributed by atoms with Gasteiger partial charge in [-0.1, -0.05) is 12.1 Å². The number of imidazole rings is 1. The monoisotopic (exact) mass is 370 g/mol. The first-order valence-corrected chi connectivity index (χ1v) is 9.87. The van der Waals surface area contributed by atoms with Crippen LogP contribution >= 0.6 is 0 Å². The molecule has 1 unspecified atom stereocenters. The van der Waals surface area contributed by atoms with E-state index in [1.54, 1.807) is 0 Å². The van der Waals surface area contributed by atoms with Gasteiger partial charge in [0, 0.05) is 37.5 Å². The highest BCUT2D eigenvalue weighted by atomic mass is 16.2. The summed E-state index contributed by atoms with van der Waals surface area (Å²) in [5, 5.41) is 0. The molecular weight excluding hydrogens is 340 g/mol. The van der Waals surface area contributed by atoms with Crippen molar-refractivity contribution in [2.45, 2.75) is 65.6 Å². The van der Waals surface area contributed by atoms with Gasteiger partial charge in [0.2, 0.25) is 11.8 Å². The first-order chi connectivity index (χ1) is 12.8. The molecule has 2 amide bonds. The number of carbonyl (C=O) groups is 2. The second-order valence-electron chi connectivity index (χ2n) is 7.87. The van der Waals surface area contributed by atoms with E-state index in [9.17, 15) is 9.59 Å². The Morgan fingerprint density at radius 3 is 2.48 bits per heavy atom. The van der Waals surface area contributed by atoms with Gasteiger partial charge in [0.05, 0.1) is 11.0 Å². The number of para-hydroxylation sites is 2. The van der Waals surface area contributed by atoms with Gasteiger partial charge >= 0.3 is 0 Å². The minimum Gasteiger partial charge on any atom is -0.342 e. The molecule has 3 rings (SSSR count). The van der Waals surface area contributed by atoms with Crippen LogP contribution < -0.4 is 0 Å². The molecule has 0 bridgehead atoms. The molecule has 2 heterocycles. The number of benzene rings is 1. The predicted molar refractivity (Wildman–Crippen MR) is 106 cm³/mol. The van der Waals surface area contributed by atoms with Crippen molar-refractivity contribution in [2.24, 2.45) is 0 Å². The number of fused-ring (bicyclic) bond motifs is 1. The summed E-state index contributed by atoms with van der Waals surface area (Å²) < 4.78 is 2.02. The Balaban J connectivity index is 1.99. The SMILES string of the molecule is CCN1CC(c2nc3ccccc3n2CC(=O)N(C(C)C)C(C)C)CC1=O. The second-order valence-corrected chi connectivity index (χ2v) is 7.87. The summed E-state index contributed by atoms with van der Waals surface area (Å²) in [6.07, 6.45) is 0.462.